The number of carbonyl (C=O) groups excluding carboxylic acids is 1. The van der Waals surface area contributed by atoms with E-state index in [0.717, 1.165) is 25.0 Å². The molecule has 1 aromatic heterocycles. The number of aromatic nitrogens is 2. The Bertz CT molecular complexity index is 490. The standard InChI is InChI=1S/C17H31N3O2/c1-7-12(4)17(6,22)11-18-16(21)15-10-19-20(13(15)5)14(8-2)9-3/h10,12,14,22H,7-9,11H2,1-6H3,(H,18,21). The highest BCUT2D eigenvalue weighted by Crippen LogP contribution is 2.21. The Morgan fingerprint density at radius 3 is 2.45 bits per heavy atom. The molecule has 0 saturated carbocycles. The van der Waals surface area contributed by atoms with Gasteiger partial charge in [0.1, 0.15) is 0 Å². The van der Waals surface area contributed by atoms with Gasteiger partial charge in [0.25, 0.3) is 5.91 Å². The summed E-state index contributed by atoms with van der Waals surface area (Å²) in [7, 11) is 0. The van der Waals surface area contributed by atoms with E-state index in [2.05, 4.69) is 24.3 Å². The average molecular weight is 309 g/mol. The van der Waals surface area contributed by atoms with Gasteiger partial charge >= 0.3 is 0 Å². The van der Waals surface area contributed by atoms with Crippen molar-refractivity contribution in [2.75, 3.05) is 6.54 Å². The highest BCUT2D eigenvalue weighted by atomic mass is 16.3. The fraction of sp³-hybridized carbons (Fsp3) is 0.765. The summed E-state index contributed by atoms with van der Waals surface area (Å²) in [5.74, 6) is -0.0422. The summed E-state index contributed by atoms with van der Waals surface area (Å²) in [6.07, 6.45) is 4.47. The summed E-state index contributed by atoms with van der Waals surface area (Å²) in [5, 5.41) is 17.6. The molecule has 22 heavy (non-hydrogen) atoms. The van der Waals surface area contributed by atoms with Crippen LogP contribution in [0.5, 0.6) is 0 Å². The molecule has 1 aromatic rings. The topological polar surface area (TPSA) is 67.2 Å². The highest BCUT2D eigenvalue weighted by molar-refractivity contribution is 5.95. The van der Waals surface area contributed by atoms with Crippen LogP contribution in [0.1, 0.15) is 76.0 Å². The lowest BCUT2D eigenvalue weighted by Gasteiger charge is -2.29. The number of nitrogens with one attached hydrogen (secondary N) is 1. The summed E-state index contributed by atoms with van der Waals surface area (Å²) < 4.78 is 1.93. The molecule has 0 bridgehead atoms. The van der Waals surface area contributed by atoms with Crippen LogP contribution in [0.2, 0.25) is 0 Å². The molecule has 1 heterocycles. The van der Waals surface area contributed by atoms with Gasteiger partial charge in [0.15, 0.2) is 0 Å². The molecule has 1 amide bonds. The van der Waals surface area contributed by atoms with Gasteiger partial charge in [0, 0.05) is 12.2 Å². The van der Waals surface area contributed by atoms with Gasteiger partial charge in [-0.25, -0.2) is 0 Å². The second-order valence-electron chi connectivity index (χ2n) is 6.41. The molecule has 0 aliphatic carbocycles. The minimum Gasteiger partial charge on any atom is -0.388 e. The van der Waals surface area contributed by atoms with Crippen molar-refractivity contribution in [2.45, 2.75) is 72.4 Å². The lowest BCUT2D eigenvalue weighted by Crippen LogP contribution is -2.45. The first-order valence-electron chi connectivity index (χ1n) is 8.33. The van der Waals surface area contributed by atoms with Crippen molar-refractivity contribution in [3.8, 4) is 0 Å². The van der Waals surface area contributed by atoms with E-state index in [1.165, 1.54) is 0 Å². The van der Waals surface area contributed by atoms with Crippen molar-refractivity contribution < 1.29 is 9.90 Å². The predicted molar refractivity (Wildman–Crippen MR) is 89.0 cm³/mol. The van der Waals surface area contributed by atoms with Crippen LogP contribution < -0.4 is 5.32 Å². The van der Waals surface area contributed by atoms with E-state index in [-0.39, 0.29) is 18.4 Å². The van der Waals surface area contributed by atoms with E-state index in [4.69, 9.17) is 0 Å². The van der Waals surface area contributed by atoms with Crippen molar-refractivity contribution in [1.82, 2.24) is 15.1 Å². The smallest absolute Gasteiger partial charge is 0.254 e. The number of carbonyl (C=O) groups is 1. The monoisotopic (exact) mass is 309 g/mol. The predicted octanol–water partition coefficient (Wildman–Crippen LogP) is 3.08. The molecule has 2 N–H and O–H groups in total. The molecule has 0 aliphatic heterocycles. The zero-order chi connectivity index (χ0) is 16.9. The molecule has 0 spiro atoms. The van der Waals surface area contributed by atoms with E-state index in [9.17, 15) is 9.90 Å². The van der Waals surface area contributed by atoms with Crippen LogP contribution in [0.25, 0.3) is 0 Å². The Morgan fingerprint density at radius 2 is 1.95 bits per heavy atom. The van der Waals surface area contributed by atoms with Crippen LogP contribution in [0.15, 0.2) is 6.20 Å². The van der Waals surface area contributed by atoms with E-state index in [1.807, 2.05) is 25.5 Å². The van der Waals surface area contributed by atoms with Crippen LogP contribution in [-0.4, -0.2) is 32.9 Å². The maximum atomic E-state index is 12.4. The molecule has 0 radical (unpaired) electrons. The van der Waals surface area contributed by atoms with Crippen LogP contribution in [0.4, 0.5) is 0 Å². The lowest BCUT2D eigenvalue weighted by atomic mass is 9.88. The largest absolute Gasteiger partial charge is 0.388 e. The first kappa shape index (κ1) is 18.7. The summed E-state index contributed by atoms with van der Waals surface area (Å²) in [6.45, 7) is 12.2. The number of hydrogen-bond acceptors (Lipinski definition) is 3. The molecule has 5 heteroatoms. The Kier molecular flexibility index (Phi) is 6.60. The van der Waals surface area contributed by atoms with Gasteiger partial charge in [0.2, 0.25) is 0 Å². The van der Waals surface area contributed by atoms with E-state index in [0.29, 0.717) is 11.6 Å². The molecule has 0 aliphatic rings. The fourth-order valence-electron chi connectivity index (χ4n) is 2.62. The molecule has 2 atom stereocenters. The van der Waals surface area contributed by atoms with Gasteiger partial charge in [-0.05, 0) is 32.6 Å². The summed E-state index contributed by atoms with van der Waals surface area (Å²) in [6, 6.07) is 0.324. The lowest BCUT2D eigenvalue weighted by molar-refractivity contribution is 0.00591. The highest BCUT2D eigenvalue weighted by Gasteiger charge is 2.28. The van der Waals surface area contributed by atoms with Gasteiger partial charge in [-0.15, -0.1) is 0 Å². The molecule has 0 aromatic carbocycles. The molecular formula is C17H31N3O2. The third-order valence-corrected chi connectivity index (χ3v) is 4.86. The zero-order valence-electron chi connectivity index (χ0n) is 14.8. The van der Waals surface area contributed by atoms with Crippen molar-refractivity contribution in [3.05, 3.63) is 17.5 Å². The third kappa shape index (κ3) is 4.09. The van der Waals surface area contributed by atoms with Crippen molar-refractivity contribution in [2.24, 2.45) is 5.92 Å². The SMILES string of the molecule is CCC(CC)n1ncc(C(=O)NCC(C)(O)C(C)CC)c1C. The summed E-state index contributed by atoms with van der Waals surface area (Å²) in [5.41, 5.74) is 0.574. The minimum absolute atomic E-state index is 0.126. The number of hydrogen-bond donors (Lipinski definition) is 2. The molecule has 5 nitrogen and oxygen atoms in total. The van der Waals surface area contributed by atoms with Crippen LogP contribution in [0.3, 0.4) is 0 Å². The Morgan fingerprint density at radius 1 is 1.36 bits per heavy atom. The Hall–Kier alpha value is -1.36. The molecule has 1 rings (SSSR count). The molecule has 126 valence electrons. The zero-order valence-corrected chi connectivity index (χ0v) is 14.8. The van der Waals surface area contributed by atoms with Gasteiger partial charge in [0.05, 0.1) is 23.4 Å². The quantitative estimate of drug-likeness (QED) is 0.775. The van der Waals surface area contributed by atoms with Crippen LogP contribution in [0, 0.1) is 12.8 Å². The number of rotatable bonds is 8. The average Bonchev–Trinajstić information content (AvgIpc) is 2.87. The normalized spacial score (nSPS) is 15.6. The number of amides is 1. The third-order valence-electron chi connectivity index (χ3n) is 4.86. The van der Waals surface area contributed by atoms with Crippen molar-refractivity contribution in [3.63, 3.8) is 0 Å². The number of nitrogens with zero attached hydrogens (tertiary/aromatic N) is 2. The second kappa shape index (κ2) is 7.77. The van der Waals surface area contributed by atoms with Crippen molar-refractivity contribution in [1.29, 1.82) is 0 Å². The Labute approximate surface area is 134 Å². The number of aliphatic hydroxyl groups is 1. The Balaban J connectivity index is 2.79. The fourth-order valence-corrected chi connectivity index (χ4v) is 2.62. The van der Waals surface area contributed by atoms with E-state index < -0.39 is 5.60 Å². The van der Waals surface area contributed by atoms with Gasteiger partial charge in [-0.3, -0.25) is 9.48 Å². The molecule has 0 fully saturated rings. The van der Waals surface area contributed by atoms with Crippen LogP contribution in [-0.2, 0) is 0 Å². The first-order chi connectivity index (χ1) is 10.3. The van der Waals surface area contributed by atoms with Gasteiger partial charge in [-0.1, -0.05) is 34.1 Å². The van der Waals surface area contributed by atoms with Gasteiger partial charge in [-0.2, -0.15) is 5.10 Å². The molecular weight excluding hydrogens is 278 g/mol. The second-order valence-corrected chi connectivity index (χ2v) is 6.41. The summed E-state index contributed by atoms with van der Waals surface area (Å²) >= 11 is 0. The first-order valence-corrected chi connectivity index (χ1v) is 8.33. The molecule has 2 unspecified atom stereocenters. The van der Waals surface area contributed by atoms with Crippen LogP contribution >= 0.6 is 0 Å². The van der Waals surface area contributed by atoms with Gasteiger partial charge < -0.3 is 10.4 Å². The minimum atomic E-state index is -0.899. The maximum Gasteiger partial charge on any atom is 0.254 e. The maximum absolute atomic E-state index is 12.4. The van der Waals surface area contributed by atoms with E-state index in [1.54, 1.807) is 13.1 Å². The molecule has 0 saturated heterocycles. The van der Waals surface area contributed by atoms with E-state index >= 15 is 0 Å². The summed E-state index contributed by atoms with van der Waals surface area (Å²) in [4.78, 5) is 12.4. The van der Waals surface area contributed by atoms with Crippen molar-refractivity contribution >= 4 is 5.91 Å².